The molecule has 7 nitrogen and oxygen atoms in total. The average molecular weight is 395 g/mol. The van der Waals surface area contributed by atoms with E-state index in [-0.39, 0.29) is 11.6 Å². The summed E-state index contributed by atoms with van der Waals surface area (Å²) in [7, 11) is 0. The zero-order valence-electron chi connectivity index (χ0n) is 15.9. The summed E-state index contributed by atoms with van der Waals surface area (Å²) in [4.78, 5) is 24.2. The predicted octanol–water partition coefficient (Wildman–Crippen LogP) is 2.60. The molecule has 1 saturated heterocycles. The number of nitrogen functional groups attached to an aromatic ring is 1. The van der Waals surface area contributed by atoms with Crippen LogP contribution in [0.25, 0.3) is 0 Å². The number of hydrogen-bond donors (Lipinski definition) is 2. The fourth-order valence-corrected chi connectivity index (χ4v) is 4.39. The van der Waals surface area contributed by atoms with Crippen LogP contribution in [0.2, 0.25) is 0 Å². The summed E-state index contributed by atoms with van der Waals surface area (Å²) < 4.78 is 19.4. The lowest BCUT2D eigenvalue weighted by Crippen LogP contribution is -2.38. The molecule has 0 amide bonds. The average Bonchev–Trinajstić information content (AvgIpc) is 2.73. The van der Waals surface area contributed by atoms with Gasteiger partial charge in [0.05, 0.1) is 13.2 Å². The van der Waals surface area contributed by atoms with Crippen molar-refractivity contribution in [2.45, 2.75) is 25.2 Å². The second-order valence-corrected chi connectivity index (χ2v) is 7.55. The van der Waals surface area contributed by atoms with Crippen molar-refractivity contribution >= 4 is 23.4 Å². The molecule has 1 unspecified atom stereocenters. The number of benzene rings is 1. The molecule has 3 heterocycles. The maximum Gasteiger partial charge on any atom is 0.229 e. The Labute approximate surface area is 167 Å². The van der Waals surface area contributed by atoms with E-state index in [2.05, 4.69) is 10.3 Å². The van der Waals surface area contributed by atoms with E-state index in [0.717, 1.165) is 18.5 Å². The third-order valence-corrected chi connectivity index (χ3v) is 5.74. The molecule has 0 radical (unpaired) electrons. The van der Waals surface area contributed by atoms with Gasteiger partial charge in [0.15, 0.2) is 5.78 Å². The Morgan fingerprint density at radius 3 is 2.83 bits per heavy atom. The molecule has 1 atom stereocenters. The second kappa shape index (κ2) is 7.11. The van der Waals surface area contributed by atoms with E-state index in [9.17, 15) is 9.18 Å². The topological polar surface area (TPSA) is 93.4 Å². The molecule has 1 aromatic heterocycles. The summed E-state index contributed by atoms with van der Waals surface area (Å²) in [6, 6.07) is 6.33. The Balaban J connectivity index is 1.67. The first-order valence-electron chi connectivity index (χ1n) is 9.90. The highest BCUT2D eigenvalue weighted by molar-refractivity contribution is 6.01. The molecule has 0 saturated carbocycles. The van der Waals surface area contributed by atoms with Crippen LogP contribution in [-0.4, -0.2) is 42.1 Å². The van der Waals surface area contributed by atoms with Gasteiger partial charge in [-0.2, -0.15) is 9.97 Å². The molecular weight excluding hydrogens is 373 g/mol. The molecule has 2 aliphatic heterocycles. The Kier molecular flexibility index (Phi) is 4.43. The minimum atomic E-state index is -0.469. The number of nitrogens with one attached hydrogen (secondary N) is 1. The highest BCUT2D eigenvalue weighted by Gasteiger charge is 2.38. The van der Waals surface area contributed by atoms with E-state index >= 15 is 0 Å². The quantitative estimate of drug-likeness (QED) is 0.807. The number of morpholine rings is 1. The molecule has 2 aromatic rings. The van der Waals surface area contributed by atoms with Crippen molar-refractivity contribution in [3.8, 4) is 0 Å². The zero-order chi connectivity index (χ0) is 20.0. The number of ether oxygens (including phenoxy) is 1. The van der Waals surface area contributed by atoms with Crippen LogP contribution in [0.1, 0.15) is 36.3 Å². The normalized spacial score (nSPS) is 21.5. The largest absolute Gasteiger partial charge is 0.383 e. The molecule has 150 valence electrons. The molecule has 1 aromatic carbocycles. The number of nitrogens with zero attached hydrogens (tertiary/aromatic N) is 3. The third-order valence-electron chi connectivity index (χ3n) is 5.74. The molecule has 5 rings (SSSR count). The molecule has 1 fully saturated rings. The van der Waals surface area contributed by atoms with E-state index in [1.165, 1.54) is 12.1 Å². The van der Waals surface area contributed by atoms with Crippen LogP contribution in [0.4, 0.5) is 22.0 Å². The number of allylic oxidation sites excluding steroid dienone is 2. The minimum Gasteiger partial charge on any atom is -0.383 e. The van der Waals surface area contributed by atoms with Gasteiger partial charge in [0.2, 0.25) is 5.95 Å². The summed E-state index contributed by atoms with van der Waals surface area (Å²) in [5.41, 5.74) is 9.24. The predicted molar refractivity (Wildman–Crippen MR) is 107 cm³/mol. The van der Waals surface area contributed by atoms with Gasteiger partial charge in [0, 0.05) is 42.3 Å². The molecular formula is C21H22FN5O2. The number of nitrogens with two attached hydrogens (primary N) is 1. The molecule has 29 heavy (non-hydrogen) atoms. The van der Waals surface area contributed by atoms with E-state index in [1.807, 2.05) is 11.0 Å². The van der Waals surface area contributed by atoms with Crippen molar-refractivity contribution < 1.29 is 13.9 Å². The maximum atomic E-state index is 14.0. The summed E-state index contributed by atoms with van der Waals surface area (Å²) in [6.07, 6.45) is 2.02. The van der Waals surface area contributed by atoms with Gasteiger partial charge in [-0.05, 0) is 30.5 Å². The van der Waals surface area contributed by atoms with E-state index in [0.29, 0.717) is 67.0 Å². The first kappa shape index (κ1) is 18.1. The van der Waals surface area contributed by atoms with Gasteiger partial charge in [0.1, 0.15) is 17.5 Å². The van der Waals surface area contributed by atoms with Crippen LogP contribution >= 0.6 is 0 Å². The smallest absolute Gasteiger partial charge is 0.229 e. The number of fused-ring (bicyclic) bond motifs is 1. The van der Waals surface area contributed by atoms with Crippen LogP contribution in [0.5, 0.6) is 0 Å². The van der Waals surface area contributed by atoms with Crippen LogP contribution in [0.15, 0.2) is 35.5 Å². The molecule has 3 N–H and O–H groups in total. The number of aromatic nitrogens is 2. The Morgan fingerprint density at radius 2 is 2.03 bits per heavy atom. The van der Waals surface area contributed by atoms with Gasteiger partial charge in [-0.1, -0.05) is 12.1 Å². The highest BCUT2D eigenvalue weighted by Crippen LogP contribution is 2.47. The van der Waals surface area contributed by atoms with E-state index < -0.39 is 5.92 Å². The van der Waals surface area contributed by atoms with Crippen molar-refractivity contribution in [2.24, 2.45) is 0 Å². The van der Waals surface area contributed by atoms with Crippen LogP contribution in [0, 0.1) is 5.82 Å². The molecule has 8 heteroatoms. The summed E-state index contributed by atoms with van der Waals surface area (Å²) in [6.45, 7) is 2.61. The van der Waals surface area contributed by atoms with Crippen molar-refractivity contribution in [1.29, 1.82) is 0 Å². The number of rotatable bonds is 2. The molecule has 0 spiro atoms. The lowest BCUT2D eigenvalue weighted by molar-refractivity contribution is -0.116. The van der Waals surface area contributed by atoms with Crippen LogP contribution in [0.3, 0.4) is 0 Å². The van der Waals surface area contributed by atoms with Crippen molar-refractivity contribution in [1.82, 2.24) is 9.97 Å². The monoisotopic (exact) mass is 395 g/mol. The SMILES string of the molecule is Nc1nc(N2CCOCC2)nc2c1C(c1cccc(F)c1)C1=C(CCCC1=O)N2. The number of halogens is 1. The Morgan fingerprint density at radius 1 is 1.21 bits per heavy atom. The lowest BCUT2D eigenvalue weighted by Gasteiger charge is -2.35. The van der Waals surface area contributed by atoms with Crippen molar-refractivity contribution in [3.05, 3.63) is 52.5 Å². The standard InChI is InChI=1S/C21H22FN5O2/c22-13-4-1-3-12(11-13)16-17-14(5-2-6-15(17)28)24-20-18(16)19(23)25-21(26-20)27-7-9-29-10-8-27/h1,3-4,11,16H,2,5-10H2,(H3,23,24,25,26). The maximum absolute atomic E-state index is 14.0. The summed E-state index contributed by atoms with van der Waals surface area (Å²) >= 11 is 0. The first-order chi connectivity index (χ1) is 14.1. The number of ketones is 1. The number of Topliss-reactive ketones (excluding diaryl/α,β-unsaturated/α-hetero) is 1. The Bertz CT molecular complexity index is 1020. The number of hydrogen-bond acceptors (Lipinski definition) is 7. The highest BCUT2D eigenvalue weighted by atomic mass is 19.1. The van der Waals surface area contributed by atoms with E-state index in [4.69, 9.17) is 15.5 Å². The first-order valence-corrected chi connectivity index (χ1v) is 9.90. The fraction of sp³-hybridized carbons (Fsp3) is 0.381. The van der Waals surface area contributed by atoms with Gasteiger partial charge in [-0.3, -0.25) is 4.79 Å². The van der Waals surface area contributed by atoms with Gasteiger partial charge >= 0.3 is 0 Å². The van der Waals surface area contributed by atoms with Crippen molar-refractivity contribution in [3.63, 3.8) is 0 Å². The van der Waals surface area contributed by atoms with Gasteiger partial charge in [-0.25, -0.2) is 4.39 Å². The molecule has 1 aliphatic carbocycles. The van der Waals surface area contributed by atoms with Crippen molar-refractivity contribution in [2.75, 3.05) is 42.3 Å². The molecule has 0 bridgehead atoms. The van der Waals surface area contributed by atoms with Gasteiger partial charge < -0.3 is 20.7 Å². The Hall–Kier alpha value is -3.00. The summed E-state index contributed by atoms with van der Waals surface area (Å²) in [5.74, 6) is 0.697. The minimum absolute atomic E-state index is 0.0651. The number of carbonyl (C=O) groups is 1. The van der Waals surface area contributed by atoms with E-state index in [1.54, 1.807) is 6.07 Å². The number of carbonyl (C=O) groups excluding carboxylic acids is 1. The number of anilines is 3. The zero-order valence-corrected chi connectivity index (χ0v) is 15.9. The lowest BCUT2D eigenvalue weighted by atomic mass is 9.76. The summed E-state index contributed by atoms with van der Waals surface area (Å²) in [5, 5.41) is 3.34. The van der Waals surface area contributed by atoms with Crippen LogP contribution < -0.4 is 16.0 Å². The second-order valence-electron chi connectivity index (χ2n) is 7.55. The fourth-order valence-electron chi connectivity index (χ4n) is 4.39. The van der Waals surface area contributed by atoms with Gasteiger partial charge in [-0.15, -0.1) is 0 Å². The van der Waals surface area contributed by atoms with Crippen LogP contribution in [-0.2, 0) is 9.53 Å². The third kappa shape index (κ3) is 3.13. The van der Waals surface area contributed by atoms with Gasteiger partial charge in [0.25, 0.3) is 0 Å². The molecule has 3 aliphatic rings.